The highest BCUT2D eigenvalue weighted by molar-refractivity contribution is 5.38. The molecule has 0 atom stereocenters. The standard InChI is InChI=1S/C12H18N2/c1-2-10-7-8-13-12(9-10)14-11-5-3-4-6-11/h7-9,11H,2-6H2,1H3,(H,13,14). The normalized spacial score (nSPS) is 17.2. The first-order valence-electron chi connectivity index (χ1n) is 5.60. The molecule has 1 saturated carbocycles. The summed E-state index contributed by atoms with van der Waals surface area (Å²) in [6.45, 7) is 2.18. The zero-order chi connectivity index (χ0) is 9.80. The van der Waals surface area contributed by atoms with Gasteiger partial charge in [-0.15, -0.1) is 0 Å². The third-order valence-corrected chi connectivity index (χ3v) is 2.94. The lowest BCUT2D eigenvalue weighted by molar-refractivity contribution is 0.750. The highest BCUT2D eigenvalue weighted by atomic mass is 15.0. The molecule has 1 aliphatic rings. The van der Waals surface area contributed by atoms with Crippen LogP contribution < -0.4 is 5.32 Å². The van der Waals surface area contributed by atoms with Crippen molar-refractivity contribution in [1.82, 2.24) is 4.98 Å². The highest BCUT2D eigenvalue weighted by Gasteiger charge is 2.14. The Morgan fingerprint density at radius 3 is 2.93 bits per heavy atom. The summed E-state index contributed by atoms with van der Waals surface area (Å²) < 4.78 is 0. The molecular formula is C12H18N2. The zero-order valence-electron chi connectivity index (χ0n) is 8.79. The first-order chi connectivity index (χ1) is 6.88. The van der Waals surface area contributed by atoms with Gasteiger partial charge in [0.25, 0.3) is 0 Å². The van der Waals surface area contributed by atoms with Gasteiger partial charge in [-0.1, -0.05) is 19.8 Å². The number of nitrogens with zero attached hydrogens (tertiary/aromatic N) is 1. The quantitative estimate of drug-likeness (QED) is 0.792. The van der Waals surface area contributed by atoms with E-state index in [2.05, 4.69) is 29.4 Å². The largest absolute Gasteiger partial charge is 0.367 e. The van der Waals surface area contributed by atoms with Crippen LogP contribution in [0.15, 0.2) is 18.3 Å². The summed E-state index contributed by atoms with van der Waals surface area (Å²) >= 11 is 0. The van der Waals surface area contributed by atoms with Gasteiger partial charge in [-0.2, -0.15) is 0 Å². The Morgan fingerprint density at radius 2 is 2.21 bits per heavy atom. The molecule has 0 bridgehead atoms. The maximum Gasteiger partial charge on any atom is 0.126 e. The van der Waals surface area contributed by atoms with Crippen molar-refractivity contribution in [3.05, 3.63) is 23.9 Å². The van der Waals surface area contributed by atoms with Crippen LogP contribution in [0.25, 0.3) is 0 Å². The summed E-state index contributed by atoms with van der Waals surface area (Å²) in [4.78, 5) is 4.34. The molecule has 1 aromatic heterocycles. The lowest BCUT2D eigenvalue weighted by atomic mass is 10.2. The van der Waals surface area contributed by atoms with Gasteiger partial charge in [0.15, 0.2) is 0 Å². The minimum atomic E-state index is 0.662. The van der Waals surface area contributed by atoms with E-state index in [1.165, 1.54) is 31.2 Å². The Hall–Kier alpha value is -1.05. The molecule has 0 aliphatic heterocycles. The van der Waals surface area contributed by atoms with Crippen molar-refractivity contribution in [1.29, 1.82) is 0 Å². The minimum Gasteiger partial charge on any atom is -0.367 e. The molecule has 0 saturated heterocycles. The van der Waals surface area contributed by atoms with Gasteiger partial charge in [0.1, 0.15) is 5.82 Å². The van der Waals surface area contributed by atoms with E-state index >= 15 is 0 Å². The molecule has 0 aromatic carbocycles. The molecule has 14 heavy (non-hydrogen) atoms. The van der Waals surface area contributed by atoms with Crippen molar-refractivity contribution in [2.75, 3.05) is 5.32 Å². The number of hydrogen-bond acceptors (Lipinski definition) is 2. The zero-order valence-corrected chi connectivity index (χ0v) is 8.79. The fourth-order valence-electron chi connectivity index (χ4n) is 2.05. The van der Waals surface area contributed by atoms with E-state index in [4.69, 9.17) is 0 Å². The van der Waals surface area contributed by atoms with Crippen molar-refractivity contribution < 1.29 is 0 Å². The number of rotatable bonds is 3. The lowest BCUT2D eigenvalue weighted by Crippen LogP contribution is -2.15. The Balaban J connectivity index is 2.00. The number of anilines is 1. The Kier molecular flexibility index (Phi) is 3.02. The molecule has 2 heteroatoms. The molecule has 1 aliphatic carbocycles. The smallest absolute Gasteiger partial charge is 0.126 e. The fourth-order valence-corrected chi connectivity index (χ4v) is 2.05. The second-order valence-electron chi connectivity index (χ2n) is 4.03. The SMILES string of the molecule is CCc1ccnc(NC2CCCC2)c1. The van der Waals surface area contributed by atoms with Crippen LogP contribution in [0.2, 0.25) is 0 Å². The maximum atomic E-state index is 4.34. The molecule has 1 aromatic rings. The van der Waals surface area contributed by atoms with Gasteiger partial charge in [0, 0.05) is 12.2 Å². The van der Waals surface area contributed by atoms with Crippen molar-refractivity contribution in [3.63, 3.8) is 0 Å². The van der Waals surface area contributed by atoms with Crippen LogP contribution in [0.3, 0.4) is 0 Å². The summed E-state index contributed by atoms with van der Waals surface area (Å²) in [5.74, 6) is 1.05. The molecule has 76 valence electrons. The van der Waals surface area contributed by atoms with Crippen LogP contribution in [0.5, 0.6) is 0 Å². The van der Waals surface area contributed by atoms with Crippen LogP contribution in [0.1, 0.15) is 38.2 Å². The Bertz CT molecular complexity index is 290. The van der Waals surface area contributed by atoms with Crippen LogP contribution >= 0.6 is 0 Å². The van der Waals surface area contributed by atoms with E-state index in [1.54, 1.807) is 0 Å². The summed E-state index contributed by atoms with van der Waals surface area (Å²) in [7, 11) is 0. The number of aryl methyl sites for hydroxylation is 1. The molecule has 0 amide bonds. The minimum absolute atomic E-state index is 0.662. The van der Waals surface area contributed by atoms with Gasteiger partial charge < -0.3 is 5.32 Å². The van der Waals surface area contributed by atoms with Crippen LogP contribution in [0, 0.1) is 0 Å². The van der Waals surface area contributed by atoms with Crippen molar-refractivity contribution in [3.8, 4) is 0 Å². The van der Waals surface area contributed by atoms with Gasteiger partial charge in [0.2, 0.25) is 0 Å². The lowest BCUT2D eigenvalue weighted by Gasteiger charge is -2.12. The third-order valence-electron chi connectivity index (χ3n) is 2.94. The predicted molar refractivity (Wildman–Crippen MR) is 59.5 cm³/mol. The Labute approximate surface area is 85.7 Å². The number of pyridine rings is 1. The van der Waals surface area contributed by atoms with Gasteiger partial charge >= 0.3 is 0 Å². The number of nitrogens with one attached hydrogen (secondary N) is 1. The van der Waals surface area contributed by atoms with Gasteiger partial charge in [-0.25, -0.2) is 4.98 Å². The average Bonchev–Trinajstić information content (AvgIpc) is 2.71. The van der Waals surface area contributed by atoms with Crippen molar-refractivity contribution >= 4 is 5.82 Å². The van der Waals surface area contributed by atoms with Crippen LogP contribution in [0.4, 0.5) is 5.82 Å². The maximum absolute atomic E-state index is 4.34. The van der Waals surface area contributed by atoms with Crippen LogP contribution in [-0.4, -0.2) is 11.0 Å². The summed E-state index contributed by atoms with van der Waals surface area (Å²) in [6, 6.07) is 4.91. The topological polar surface area (TPSA) is 24.9 Å². The molecular weight excluding hydrogens is 172 g/mol. The summed E-state index contributed by atoms with van der Waals surface area (Å²) in [5, 5.41) is 3.50. The van der Waals surface area contributed by atoms with E-state index < -0.39 is 0 Å². The molecule has 2 rings (SSSR count). The van der Waals surface area contributed by atoms with Crippen molar-refractivity contribution in [2.45, 2.75) is 45.1 Å². The fraction of sp³-hybridized carbons (Fsp3) is 0.583. The first kappa shape index (κ1) is 9.50. The molecule has 0 spiro atoms. The molecule has 0 unspecified atom stereocenters. The summed E-state index contributed by atoms with van der Waals surface area (Å²) in [6.07, 6.45) is 8.32. The Morgan fingerprint density at radius 1 is 1.43 bits per heavy atom. The van der Waals surface area contributed by atoms with E-state index in [1.807, 2.05) is 6.20 Å². The van der Waals surface area contributed by atoms with E-state index in [0.29, 0.717) is 6.04 Å². The van der Waals surface area contributed by atoms with Gasteiger partial charge in [-0.05, 0) is 37.0 Å². The monoisotopic (exact) mass is 190 g/mol. The molecule has 1 N–H and O–H groups in total. The summed E-state index contributed by atoms with van der Waals surface area (Å²) in [5.41, 5.74) is 1.36. The third kappa shape index (κ3) is 2.25. The van der Waals surface area contributed by atoms with E-state index in [9.17, 15) is 0 Å². The van der Waals surface area contributed by atoms with Gasteiger partial charge in [-0.3, -0.25) is 0 Å². The average molecular weight is 190 g/mol. The van der Waals surface area contributed by atoms with E-state index in [-0.39, 0.29) is 0 Å². The molecule has 2 nitrogen and oxygen atoms in total. The van der Waals surface area contributed by atoms with E-state index in [0.717, 1.165) is 12.2 Å². The molecule has 0 radical (unpaired) electrons. The predicted octanol–water partition coefficient (Wildman–Crippen LogP) is 3.00. The second kappa shape index (κ2) is 4.45. The number of aromatic nitrogens is 1. The highest BCUT2D eigenvalue weighted by Crippen LogP contribution is 2.21. The number of hydrogen-bond donors (Lipinski definition) is 1. The van der Waals surface area contributed by atoms with Crippen LogP contribution in [-0.2, 0) is 6.42 Å². The van der Waals surface area contributed by atoms with Crippen molar-refractivity contribution in [2.24, 2.45) is 0 Å². The van der Waals surface area contributed by atoms with Gasteiger partial charge in [0.05, 0.1) is 0 Å². The first-order valence-corrected chi connectivity index (χ1v) is 5.60. The second-order valence-corrected chi connectivity index (χ2v) is 4.03. The molecule has 1 heterocycles. The molecule has 1 fully saturated rings.